The maximum atomic E-state index is 12.8. The number of hydrogen-bond acceptors (Lipinski definition) is 9. The molecule has 0 saturated heterocycles. The Bertz CT molecular complexity index is 1090. The maximum absolute atomic E-state index is 12.8. The zero-order valence-electron chi connectivity index (χ0n) is 18.2. The summed E-state index contributed by atoms with van der Waals surface area (Å²) in [6.07, 6.45) is 0. The average Bonchev–Trinajstić information content (AvgIpc) is 3.34. The lowest BCUT2D eigenvalue weighted by atomic mass is 10.2. The number of thioether (sulfide) groups is 1. The molecule has 0 fully saturated rings. The Morgan fingerprint density at radius 1 is 1.06 bits per heavy atom. The van der Waals surface area contributed by atoms with Crippen molar-refractivity contribution in [3.05, 3.63) is 60.2 Å². The van der Waals surface area contributed by atoms with E-state index in [0.717, 1.165) is 17.3 Å². The molecule has 0 radical (unpaired) electrons. The summed E-state index contributed by atoms with van der Waals surface area (Å²) >= 11 is 1.12. The van der Waals surface area contributed by atoms with Gasteiger partial charge in [0.2, 0.25) is 11.0 Å². The fourth-order valence-electron chi connectivity index (χ4n) is 3.54. The number of hydrazone groups is 2. The number of amides is 1. The monoisotopic (exact) mass is 453 g/mol. The molecule has 10 heteroatoms. The molecule has 2 aliphatic heterocycles. The predicted molar refractivity (Wildman–Crippen MR) is 123 cm³/mol. The Kier molecular flexibility index (Phi) is 5.79. The number of nitrogens with zero attached hydrogens (tertiary/aromatic N) is 5. The molecular formula is C22H23N5O4S. The third kappa shape index (κ3) is 3.46. The van der Waals surface area contributed by atoms with Crippen LogP contribution < -0.4 is 9.75 Å². The number of carbonyl (C=O) groups is 2. The van der Waals surface area contributed by atoms with Gasteiger partial charge in [-0.25, -0.2) is 9.80 Å². The van der Waals surface area contributed by atoms with Crippen molar-refractivity contribution >= 4 is 40.2 Å². The van der Waals surface area contributed by atoms with E-state index < -0.39 is 11.1 Å². The zero-order chi connectivity index (χ0) is 22.9. The summed E-state index contributed by atoms with van der Waals surface area (Å²) in [6.45, 7) is 3.38. The number of methoxy groups -OCH3 is 1. The third-order valence-electron chi connectivity index (χ3n) is 5.02. The van der Waals surface area contributed by atoms with Gasteiger partial charge < -0.3 is 14.4 Å². The highest BCUT2D eigenvalue weighted by Crippen LogP contribution is 2.48. The summed E-state index contributed by atoms with van der Waals surface area (Å²) in [7, 11) is 3.42. The fourth-order valence-corrected chi connectivity index (χ4v) is 4.77. The molecule has 2 aromatic carbocycles. The zero-order valence-corrected chi connectivity index (χ0v) is 19.0. The molecule has 0 aliphatic carbocycles. The molecule has 0 unspecified atom stereocenters. The van der Waals surface area contributed by atoms with E-state index in [4.69, 9.17) is 9.47 Å². The first kappa shape index (κ1) is 21.7. The number of ether oxygens (including phenoxy) is 2. The van der Waals surface area contributed by atoms with Gasteiger partial charge in [0.15, 0.2) is 5.84 Å². The van der Waals surface area contributed by atoms with Crippen LogP contribution in [0, 0.1) is 0 Å². The van der Waals surface area contributed by atoms with Crippen LogP contribution in [0.15, 0.2) is 64.8 Å². The van der Waals surface area contributed by atoms with Crippen LogP contribution in [0.3, 0.4) is 0 Å². The van der Waals surface area contributed by atoms with Crippen molar-refractivity contribution in [3.8, 4) is 5.75 Å². The first-order valence-electron chi connectivity index (χ1n) is 10.00. The standard InChI is InChI=1S/C22H23N5O4S/c1-5-31-21(29)20-24-27(17-9-7-6-8-10-17)22(32-20)25(3)19(23-26(22)15(2)28)16-11-13-18(30-4)14-12-16/h6-14H,5H2,1-4H3/t22-/m1/s1. The second-order valence-electron chi connectivity index (χ2n) is 6.99. The minimum absolute atomic E-state index is 0.139. The number of carbonyl (C=O) groups excluding carboxylic acids is 2. The van der Waals surface area contributed by atoms with Crippen molar-refractivity contribution in [3.63, 3.8) is 0 Å². The lowest BCUT2D eigenvalue weighted by Gasteiger charge is -2.42. The number of benzene rings is 2. The quantitative estimate of drug-likeness (QED) is 0.644. The normalized spacial score (nSPS) is 19.8. The van der Waals surface area contributed by atoms with Gasteiger partial charge in [-0.1, -0.05) is 18.2 Å². The third-order valence-corrected chi connectivity index (χ3v) is 6.36. The second kappa shape index (κ2) is 8.54. The summed E-state index contributed by atoms with van der Waals surface area (Å²) in [5.74, 6) is 0.415. The van der Waals surface area contributed by atoms with Crippen molar-refractivity contribution in [2.45, 2.75) is 19.0 Å². The van der Waals surface area contributed by atoms with Crippen LogP contribution in [-0.4, -0.2) is 58.5 Å². The number of rotatable bonds is 5. The smallest absolute Gasteiger partial charge is 0.365 e. The largest absolute Gasteiger partial charge is 0.497 e. The summed E-state index contributed by atoms with van der Waals surface area (Å²) in [5.41, 5.74) is 1.48. The van der Waals surface area contributed by atoms with Gasteiger partial charge in [-0.2, -0.15) is 10.1 Å². The van der Waals surface area contributed by atoms with E-state index >= 15 is 0 Å². The van der Waals surface area contributed by atoms with Crippen molar-refractivity contribution in [2.75, 3.05) is 25.8 Å². The number of para-hydroxylation sites is 1. The maximum Gasteiger partial charge on any atom is 0.365 e. The number of hydrogen-bond donors (Lipinski definition) is 0. The minimum atomic E-state index is -1.25. The molecule has 1 atom stereocenters. The molecule has 2 aromatic rings. The highest BCUT2D eigenvalue weighted by atomic mass is 32.2. The summed E-state index contributed by atoms with van der Waals surface area (Å²) in [4.78, 5) is 27.2. The molecule has 1 amide bonds. The molecule has 2 heterocycles. The van der Waals surface area contributed by atoms with E-state index in [1.54, 1.807) is 19.0 Å². The Morgan fingerprint density at radius 2 is 1.75 bits per heavy atom. The van der Waals surface area contributed by atoms with Gasteiger partial charge in [0.25, 0.3) is 5.12 Å². The van der Waals surface area contributed by atoms with E-state index in [1.165, 1.54) is 11.9 Å². The van der Waals surface area contributed by atoms with Gasteiger partial charge in [0.1, 0.15) is 5.75 Å². The van der Waals surface area contributed by atoms with Gasteiger partial charge in [-0.3, -0.25) is 4.79 Å². The van der Waals surface area contributed by atoms with Gasteiger partial charge in [-0.05, 0) is 55.1 Å². The number of anilines is 1. The van der Waals surface area contributed by atoms with Gasteiger partial charge in [0.05, 0.1) is 19.4 Å². The van der Waals surface area contributed by atoms with E-state index in [2.05, 4.69) is 10.2 Å². The molecule has 0 saturated carbocycles. The fraction of sp³-hybridized carbons (Fsp3) is 0.273. The van der Waals surface area contributed by atoms with Crippen molar-refractivity contribution in [1.82, 2.24) is 9.91 Å². The van der Waals surface area contributed by atoms with E-state index in [9.17, 15) is 9.59 Å². The highest BCUT2D eigenvalue weighted by molar-refractivity contribution is 8.17. The SMILES string of the molecule is CCOC(=O)C1=NN(c2ccccc2)[C@@]2(S1)N(C)C(c1ccc(OC)cc1)=NN2C(C)=O. The molecule has 0 N–H and O–H groups in total. The van der Waals surface area contributed by atoms with Crippen LogP contribution in [0.25, 0.3) is 0 Å². The molecule has 1 spiro atoms. The Hall–Kier alpha value is -3.53. The molecule has 4 rings (SSSR count). The lowest BCUT2D eigenvalue weighted by molar-refractivity contribution is -0.135. The first-order valence-corrected chi connectivity index (χ1v) is 10.8. The molecule has 0 bridgehead atoms. The second-order valence-corrected chi connectivity index (χ2v) is 8.13. The molecule has 166 valence electrons. The van der Waals surface area contributed by atoms with Gasteiger partial charge in [-0.15, -0.1) is 5.10 Å². The van der Waals surface area contributed by atoms with E-state index in [-0.39, 0.29) is 17.6 Å². The summed E-state index contributed by atoms with van der Waals surface area (Å²) < 4.78 is 10.4. The molecule has 2 aliphatic rings. The van der Waals surface area contributed by atoms with Crippen LogP contribution in [0.1, 0.15) is 19.4 Å². The van der Waals surface area contributed by atoms with Gasteiger partial charge in [0, 0.05) is 19.5 Å². The minimum Gasteiger partial charge on any atom is -0.497 e. The predicted octanol–water partition coefficient (Wildman–Crippen LogP) is 2.89. The highest BCUT2D eigenvalue weighted by Gasteiger charge is 2.60. The summed E-state index contributed by atoms with van der Waals surface area (Å²) in [5, 5.41) is 11.1. The average molecular weight is 454 g/mol. The van der Waals surface area contributed by atoms with Crippen LogP contribution in [0.2, 0.25) is 0 Å². The molecule has 9 nitrogen and oxygen atoms in total. The van der Waals surface area contributed by atoms with Crippen LogP contribution >= 0.6 is 11.8 Å². The molecule has 0 aromatic heterocycles. The number of amidine groups is 1. The lowest BCUT2D eigenvalue weighted by Crippen LogP contribution is -2.61. The Labute approximate surface area is 190 Å². The Morgan fingerprint density at radius 3 is 2.34 bits per heavy atom. The van der Waals surface area contributed by atoms with Gasteiger partial charge >= 0.3 is 5.97 Å². The topological polar surface area (TPSA) is 87.0 Å². The van der Waals surface area contributed by atoms with Crippen molar-refractivity contribution in [1.29, 1.82) is 0 Å². The van der Waals surface area contributed by atoms with Crippen LogP contribution in [-0.2, 0) is 14.3 Å². The Balaban J connectivity index is 1.82. The number of esters is 1. The van der Waals surface area contributed by atoms with E-state index in [1.807, 2.05) is 66.5 Å². The van der Waals surface area contributed by atoms with Crippen molar-refractivity contribution in [2.24, 2.45) is 10.2 Å². The van der Waals surface area contributed by atoms with E-state index in [0.29, 0.717) is 17.3 Å². The first-order chi connectivity index (χ1) is 15.4. The summed E-state index contributed by atoms with van der Waals surface area (Å²) in [6, 6.07) is 16.7. The molecule has 32 heavy (non-hydrogen) atoms. The molecular weight excluding hydrogens is 430 g/mol. The van der Waals surface area contributed by atoms with Crippen LogP contribution in [0.4, 0.5) is 5.69 Å². The van der Waals surface area contributed by atoms with Crippen LogP contribution in [0.5, 0.6) is 5.75 Å². The van der Waals surface area contributed by atoms with Crippen molar-refractivity contribution < 1.29 is 19.1 Å².